The second-order valence-corrected chi connectivity index (χ2v) is 7.86. The molecule has 20 heavy (non-hydrogen) atoms. The van der Waals surface area contributed by atoms with Crippen molar-refractivity contribution >= 4 is 5.91 Å². The molecule has 3 atom stereocenters. The molecule has 2 saturated carbocycles. The SMILES string of the molecule is CC1(C)CCCC(NC(=O)CCC2CCCC(N)C2)C1. The van der Waals surface area contributed by atoms with Gasteiger partial charge in [-0.3, -0.25) is 4.79 Å². The number of hydrogen-bond donors (Lipinski definition) is 2. The molecule has 2 aliphatic carbocycles. The monoisotopic (exact) mass is 280 g/mol. The quantitative estimate of drug-likeness (QED) is 0.829. The van der Waals surface area contributed by atoms with E-state index in [2.05, 4.69) is 19.2 Å². The molecule has 2 aliphatic rings. The number of carbonyl (C=O) groups excluding carboxylic acids is 1. The van der Waals surface area contributed by atoms with Crippen LogP contribution in [0.4, 0.5) is 0 Å². The molecule has 0 aromatic rings. The first kappa shape index (κ1) is 15.8. The minimum atomic E-state index is 0.256. The van der Waals surface area contributed by atoms with Gasteiger partial charge in [-0.2, -0.15) is 0 Å². The van der Waals surface area contributed by atoms with Gasteiger partial charge in [0.05, 0.1) is 0 Å². The van der Waals surface area contributed by atoms with Crippen molar-refractivity contribution in [2.24, 2.45) is 17.1 Å². The number of carbonyl (C=O) groups is 1. The second-order valence-electron chi connectivity index (χ2n) is 7.86. The van der Waals surface area contributed by atoms with Crippen molar-refractivity contribution in [1.29, 1.82) is 0 Å². The van der Waals surface area contributed by atoms with E-state index < -0.39 is 0 Å². The molecule has 116 valence electrons. The lowest BCUT2D eigenvalue weighted by atomic mass is 9.75. The highest BCUT2D eigenvalue weighted by Crippen LogP contribution is 2.35. The van der Waals surface area contributed by atoms with Gasteiger partial charge in [-0.15, -0.1) is 0 Å². The van der Waals surface area contributed by atoms with E-state index >= 15 is 0 Å². The van der Waals surface area contributed by atoms with Gasteiger partial charge < -0.3 is 11.1 Å². The summed E-state index contributed by atoms with van der Waals surface area (Å²) >= 11 is 0. The van der Waals surface area contributed by atoms with E-state index in [9.17, 15) is 4.79 Å². The summed E-state index contributed by atoms with van der Waals surface area (Å²) in [6.07, 6.45) is 11.3. The fourth-order valence-electron chi connectivity index (χ4n) is 4.05. The van der Waals surface area contributed by atoms with E-state index in [4.69, 9.17) is 5.73 Å². The van der Waals surface area contributed by atoms with Crippen LogP contribution in [0.15, 0.2) is 0 Å². The lowest BCUT2D eigenvalue weighted by Gasteiger charge is -2.35. The Balaban J connectivity index is 1.67. The molecule has 3 nitrogen and oxygen atoms in total. The zero-order chi connectivity index (χ0) is 14.6. The Kier molecular flexibility index (Phi) is 5.48. The molecule has 0 radical (unpaired) electrons. The van der Waals surface area contributed by atoms with Crippen LogP contribution in [0.25, 0.3) is 0 Å². The molecule has 2 fully saturated rings. The average molecular weight is 280 g/mol. The van der Waals surface area contributed by atoms with Gasteiger partial charge in [0.2, 0.25) is 5.91 Å². The Labute approximate surface area is 124 Å². The summed E-state index contributed by atoms with van der Waals surface area (Å²) < 4.78 is 0. The van der Waals surface area contributed by atoms with Crippen molar-refractivity contribution in [3.63, 3.8) is 0 Å². The van der Waals surface area contributed by atoms with Crippen molar-refractivity contribution in [3.8, 4) is 0 Å². The first-order chi connectivity index (χ1) is 9.44. The van der Waals surface area contributed by atoms with Crippen LogP contribution >= 0.6 is 0 Å². The van der Waals surface area contributed by atoms with Gasteiger partial charge >= 0.3 is 0 Å². The van der Waals surface area contributed by atoms with Crippen molar-refractivity contribution in [1.82, 2.24) is 5.32 Å². The van der Waals surface area contributed by atoms with E-state index in [1.807, 2.05) is 0 Å². The molecular formula is C17H32N2O. The molecule has 0 bridgehead atoms. The topological polar surface area (TPSA) is 55.1 Å². The van der Waals surface area contributed by atoms with E-state index in [1.54, 1.807) is 0 Å². The highest BCUT2D eigenvalue weighted by atomic mass is 16.1. The van der Waals surface area contributed by atoms with Crippen LogP contribution in [0, 0.1) is 11.3 Å². The molecule has 3 heteroatoms. The van der Waals surface area contributed by atoms with Crippen LogP contribution in [-0.4, -0.2) is 18.0 Å². The Hall–Kier alpha value is -0.570. The minimum Gasteiger partial charge on any atom is -0.353 e. The summed E-state index contributed by atoms with van der Waals surface area (Å²) in [6, 6.07) is 0.774. The predicted molar refractivity (Wildman–Crippen MR) is 83.3 cm³/mol. The summed E-state index contributed by atoms with van der Waals surface area (Å²) in [5, 5.41) is 3.26. The molecule has 0 aliphatic heterocycles. The van der Waals surface area contributed by atoms with Crippen molar-refractivity contribution in [2.75, 3.05) is 0 Å². The Bertz CT molecular complexity index is 327. The van der Waals surface area contributed by atoms with Crippen molar-refractivity contribution in [3.05, 3.63) is 0 Å². The van der Waals surface area contributed by atoms with E-state index in [0.717, 1.165) is 25.7 Å². The van der Waals surface area contributed by atoms with Crippen molar-refractivity contribution in [2.45, 2.75) is 90.1 Å². The number of rotatable bonds is 4. The number of nitrogens with one attached hydrogen (secondary N) is 1. The lowest BCUT2D eigenvalue weighted by molar-refractivity contribution is -0.122. The van der Waals surface area contributed by atoms with Crippen LogP contribution < -0.4 is 11.1 Å². The Morgan fingerprint density at radius 3 is 2.75 bits per heavy atom. The fraction of sp³-hybridized carbons (Fsp3) is 0.941. The third-order valence-corrected chi connectivity index (χ3v) is 5.17. The Morgan fingerprint density at radius 1 is 1.25 bits per heavy atom. The van der Waals surface area contributed by atoms with Crippen LogP contribution in [0.2, 0.25) is 0 Å². The summed E-state index contributed by atoms with van der Waals surface area (Å²) in [4.78, 5) is 12.1. The van der Waals surface area contributed by atoms with Crippen LogP contribution in [0.1, 0.15) is 78.1 Å². The lowest BCUT2D eigenvalue weighted by Crippen LogP contribution is -2.40. The van der Waals surface area contributed by atoms with E-state index in [1.165, 1.54) is 32.1 Å². The van der Waals surface area contributed by atoms with Gasteiger partial charge in [-0.05, 0) is 49.9 Å². The smallest absolute Gasteiger partial charge is 0.220 e. The summed E-state index contributed by atoms with van der Waals surface area (Å²) in [7, 11) is 0. The molecule has 3 unspecified atom stereocenters. The van der Waals surface area contributed by atoms with E-state index in [-0.39, 0.29) is 5.91 Å². The van der Waals surface area contributed by atoms with Crippen LogP contribution in [-0.2, 0) is 4.79 Å². The van der Waals surface area contributed by atoms with Gasteiger partial charge in [-0.1, -0.05) is 33.1 Å². The zero-order valence-corrected chi connectivity index (χ0v) is 13.3. The summed E-state index contributed by atoms with van der Waals surface area (Å²) in [5.41, 5.74) is 6.41. The third-order valence-electron chi connectivity index (χ3n) is 5.17. The molecule has 1 amide bonds. The first-order valence-electron chi connectivity index (χ1n) is 8.49. The number of amides is 1. The fourth-order valence-corrected chi connectivity index (χ4v) is 4.05. The molecule has 0 aromatic carbocycles. The standard InChI is InChI=1S/C17H32N2O/c1-17(2)10-4-7-15(12-17)19-16(20)9-8-13-5-3-6-14(18)11-13/h13-15H,3-12,18H2,1-2H3,(H,19,20). The highest BCUT2D eigenvalue weighted by molar-refractivity contribution is 5.76. The normalized spacial score (nSPS) is 33.6. The average Bonchev–Trinajstić information content (AvgIpc) is 2.35. The molecule has 0 heterocycles. The number of nitrogens with two attached hydrogens (primary N) is 1. The zero-order valence-electron chi connectivity index (χ0n) is 13.3. The van der Waals surface area contributed by atoms with Crippen LogP contribution in [0.3, 0.4) is 0 Å². The summed E-state index contributed by atoms with van der Waals surface area (Å²) in [6.45, 7) is 4.63. The van der Waals surface area contributed by atoms with Gasteiger partial charge in [-0.25, -0.2) is 0 Å². The molecule has 0 spiro atoms. The maximum absolute atomic E-state index is 12.1. The largest absolute Gasteiger partial charge is 0.353 e. The number of hydrogen-bond acceptors (Lipinski definition) is 2. The summed E-state index contributed by atoms with van der Waals surface area (Å²) in [5.74, 6) is 0.930. The van der Waals surface area contributed by atoms with Gasteiger partial charge in [0.1, 0.15) is 0 Å². The van der Waals surface area contributed by atoms with Crippen molar-refractivity contribution < 1.29 is 4.79 Å². The molecule has 0 saturated heterocycles. The second kappa shape index (κ2) is 6.93. The third kappa shape index (κ3) is 5.08. The first-order valence-corrected chi connectivity index (χ1v) is 8.49. The maximum Gasteiger partial charge on any atom is 0.220 e. The predicted octanol–water partition coefficient (Wildman–Crippen LogP) is 3.37. The van der Waals surface area contributed by atoms with Gasteiger partial charge in [0.25, 0.3) is 0 Å². The molecule has 3 N–H and O–H groups in total. The Morgan fingerprint density at radius 2 is 2.05 bits per heavy atom. The molecular weight excluding hydrogens is 248 g/mol. The van der Waals surface area contributed by atoms with Crippen LogP contribution in [0.5, 0.6) is 0 Å². The highest BCUT2D eigenvalue weighted by Gasteiger charge is 2.29. The minimum absolute atomic E-state index is 0.256. The molecule has 0 aromatic heterocycles. The molecule has 2 rings (SSSR count). The van der Waals surface area contributed by atoms with Gasteiger partial charge in [0.15, 0.2) is 0 Å². The van der Waals surface area contributed by atoms with E-state index in [0.29, 0.717) is 29.8 Å². The van der Waals surface area contributed by atoms with Gasteiger partial charge in [0, 0.05) is 18.5 Å². The maximum atomic E-state index is 12.1.